The number of carboxylic acids is 1. The molecule has 4 rings (SSSR count). The van der Waals surface area contributed by atoms with Crippen LogP contribution >= 0.6 is 0 Å². The lowest BCUT2D eigenvalue weighted by molar-refractivity contribution is -0.146. The van der Waals surface area contributed by atoms with E-state index in [1.165, 1.54) is 0 Å². The van der Waals surface area contributed by atoms with Gasteiger partial charge >= 0.3 is 5.97 Å². The van der Waals surface area contributed by atoms with Gasteiger partial charge in [0.1, 0.15) is 12.4 Å². The maximum atomic E-state index is 12.8. The van der Waals surface area contributed by atoms with Crippen LogP contribution in [0.1, 0.15) is 12.0 Å². The summed E-state index contributed by atoms with van der Waals surface area (Å²) in [5, 5.41) is 12.4. The molecular weight excluding hydrogens is 344 g/mol. The number of carbonyl (C=O) groups is 2. The number of allylic oxidation sites excluding steroid dienone is 2. The van der Waals surface area contributed by atoms with E-state index in [1.807, 2.05) is 30.4 Å². The molecule has 2 aromatic rings. The van der Waals surface area contributed by atoms with Crippen LogP contribution < -0.4 is 10.1 Å². The Kier molecular flexibility index (Phi) is 4.62. The average Bonchev–Trinajstić information content (AvgIpc) is 3.29. The Hall–Kier alpha value is -3.15. The lowest BCUT2D eigenvalue weighted by atomic mass is 9.82. The first-order valence-corrected chi connectivity index (χ1v) is 8.95. The van der Waals surface area contributed by atoms with Crippen molar-refractivity contribution in [3.63, 3.8) is 0 Å². The highest BCUT2D eigenvalue weighted by Crippen LogP contribution is 2.48. The van der Waals surface area contributed by atoms with E-state index in [0.29, 0.717) is 18.0 Å². The number of pyridine rings is 1. The third-order valence-corrected chi connectivity index (χ3v) is 5.28. The molecule has 27 heavy (non-hydrogen) atoms. The first-order valence-electron chi connectivity index (χ1n) is 8.95. The highest BCUT2D eigenvalue weighted by atomic mass is 16.5. The molecule has 6 nitrogen and oxygen atoms in total. The number of rotatable bonds is 6. The van der Waals surface area contributed by atoms with Crippen molar-refractivity contribution in [1.82, 2.24) is 4.98 Å². The maximum Gasteiger partial charge on any atom is 0.307 e. The molecule has 138 valence electrons. The second kappa shape index (κ2) is 7.23. The quantitative estimate of drug-likeness (QED) is 0.769. The number of hydrogen-bond acceptors (Lipinski definition) is 4. The lowest BCUT2D eigenvalue weighted by Crippen LogP contribution is -2.36. The Morgan fingerprint density at radius 1 is 1.15 bits per heavy atom. The van der Waals surface area contributed by atoms with E-state index in [1.54, 1.807) is 30.6 Å². The Morgan fingerprint density at radius 3 is 2.70 bits per heavy atom. The van der Waals surface area contributed by atoms with Crippen molar-refractivity contribution >= 4 is 17.6 Å². The van der Waals surface area contributed by atoms with E-state index < -0.39 is 17.8 Å². The zero-order valence-electron chi connectivity index (χ0n) is 14.6. The fraction of sp³-hybridized carbons (Fsp3) is 0.286. The fourth-order valence-corrected chi connectivity index (χ4v) is 4.06. The monoisotopic (exact) mass is 364 g/mol. The van der Waals surface area contributed by atoms with Gasteiger partial charge in [0.2, 0.25) is 5.91 Å². The van der Waals surface area contributed by atoms with E-state index in [2.05, 4.69) is 10.3 Å². The van der Waals surface area contributed by atoms with Gasteiger partial charge in [-0.05, 0) is 36.5 Å². The summed E-state index contributed by atoms with van der Waals surface area (Å²) in [7, 11) is 0. The molecule has 0 radical (unpaired) electrons. The molecule has 2 aliphatic rings. The lowest BCUT2D eigenvalue weighted by Gasteiger charge is -2.24. The van der Waals surface area contributed by atoms with Gasteiger partial charge < -0.3 is 15.2 Å². The molecule has 0 unspecified atom stereocenters. The van der Waals surface area contributed by atoms with Gasteiger partial charge in [-0.1, -0.05) is 24.3 Å². The number of carboxylic acid groups (broad SMARTS) is 1. The van der Waals surface area contributed by atoms with Crippen LogP contribution in [0, 0.1) is 23.7 Å². The molecule has 0 aliphatic heterocycles. The van der Waals surface area contributed by atoms with E-state index >= 15 is 0 Å². The molecule has 2 aliphatic carbocycles. The van der Waals surface area contributed by atoms with Crippen LogP contribution in [0.4, 0.5) is 5.69 Å². The minimum atomic E-state index is -0.902. The zero-order chi connectivity index (χ0) is 18.8. The molecule has 1 saturated carbocycles. The summed E-state index contributed by atoms with van der Waals surface area (Å²) in [5.74, 6) is -1.75. The number of amides is 1. The normalized spacial score (nSPS) is 25.3. The molecule has 1 amide bonds. The van der Waals surface area contributed by atoms with Crippen LogP contribution in [0.5, 0.6) is 5.75 Å². The summed E-state index contributed by atoms with van der Waals surface area (Å²) in [5.41, 5.74) is 1.55. The van der Waals surface area contributed by atoms with Crippen LogP contribution in [0.2, 0.25) is 0 Å². The Bertz CT molecular complexity index is 881. The summed E-state index contributed by atoms with van der Waals surface area (Å²) < 4.78 is 5.75. The van der Waals surface area contributed by atoms with Crippen molar-refractivity contribution in [2.45, 2.75) is 13.0 Å². The number of ether oxygens (including phenoxy) is 1. The number of carbonyl (C=O) groups excluding carboxylic acids is 1. The molecule has 1 fully saturated rings. The van der Waals surface area contributed by atoms with Gasteiger partial charge in [0, 0.05) is 29.7 Å². The van der Waals surface area contributed by atoms with Gasteiger partial charge in [-0.25, -0.2) is 0 Å². The second-order valence-corrected chi connectivity index (χ2v) is 7.01. The van der Waals surface area contributed by atoms with E-state index in [9.17, 15) is 14.7 Å². The smallest absolute Gasteiger partial charge is 0.307 e. The number of aliphatic carboxylic acids is 1. The standard InChI is InChI=1S/C21H20N2O4/c24-20(18-14-6-7-15(9-14)19(18)21(25)26)23-16-4-1-5-17(10-16)27-12-13-3-2-8-22-11-13/h1-8,10-11,14-15,18-19H,9,12H2,(H,23,24)(H,25,26)/t14-,15-,18-,19-/m0/s1. The average molecular weight is 364 g/mol. The van der Waals surface area contributed by atoms with Crippen molar-refractivity contribution in [1.29, 1.82) is 0 Å². The summed E-state index contributed by atoms with van der Waals surface area (Å²) in [6.45, 7) is 0.378. The molecule has 1 heterocycles. The summed E-state index contributed by atoms with van der Waals surface area (Å²) in [6.07, 6.45) is 8.08. The van der Waals surface area contributed by atoms with Crippen molar-refractivity contribution in [2.75, 3.05) is 5.32 Å². The summed E-state index contributed by atoms with van der Waals surface area (Å²) in [4.78, 5) is 28.4. The number of aromatic nitrogens is 1. The molecule has 0 spiro atoms. The number of benzene rings is 1. The molecule has 6 heteroatoms. The van der Waals surface area contributed by atoms with Gasteiger partial charge in [0.15, 0.2) is 0 Å². The van der Waals surface area contributed by atoms with E-state index in [0.717, 1.165) is 12.0 Å². The number of hydrogen-bond donors (Lipinski definition) is 2. The highest BCUT2D eigenvalue weighted by molar-refractivity contribution is 5.96. The second-order valence-electron chi connectivity index (χ2n) is 7.01. The molecule has 0 saturated heterocycles. The van der Waals surface area contributed by atoms with Crippen LogP contribution in [-0.2, 0) is 16.2 Å². The van der Waals surface area contributed by atoms with E-state index in [4.69, 9.17) is 4.74 Å². The van der Waals surface area contributed by atoms with Crippen molar-refractivity contribution in [2.24, 2.45) is 23.7 Å². The molecule has 2 bridgehead atoms. The number of anilines is 1. The van der Waals surface area contributed by atoms with Gasteiger partial charge in [-0.2, -0.15) is 0 Å². The first-order chi connectivity index (χ1) is 13.1. The van der Waals surface area contributed by atoms with E-state index in [-0.39, 0.29) is 17.7 Å². The number of nitrogens with zero attached hydrogens (tertiary/aromatic N) is 1. The minimum absolute atomic E-state index is 0.00103. The Morgan fingerprint density at radius 2 is 1.96 bits per heavy atom. The largest absolute Gasteiger partial charge is 0.489 e. The number of nitrogens with one attached hydrogen (secondary N) is 1. The van der Waals surface area contributed by atoms with Crippen LogP contribution in [0.25, 0.3) is 0 Å². The Labute approximate surface area is 156 Å². The molecule has 1 aromatic heterocycles. The molecule has 4 atom stereocenters. The maximum absolute atomic E-state index is 12.8. The van der Waals surface area contributed by atoms with Crippen LogP contribution in [-0.4, -0.2) is 22.0 Å². The minimum Gasteiger partial charge on any atom is -0.489 e. The van der Waals surface area contributed by atoms with Gasteiger partial charge in [-0.15, -0.1) is 0 Å². The predicted molar refractivity (Wildman–Crippen MR) is 99.0 cm³/mol. The summed E-state index contributed by atoms with van der Waals surface area (Å²) >= 11 is 0. The highest BCUT2D eigenvalue weighted by Gasteiger charge is 2.51. The third-order valence-electron chi connectivity index (χ3n) is 5.28. The Balaban J connectivity index is 1.43. The van der Waals surface area contributed by atoms with Gasteiger partial charge in [0.25, 0.3) is 0 Å². The molecule has 1 aromatic carbocycles. The van der Waals surface area contributed by atoms with Crippen molar-refractivity contribution in [3.05, 3.63) is 66.5 Å². The molecular formula is C21H20N2O4. The molecule has 2 N–H and O–H groups in total. The first kappa shape index (κ1) is 17.3. The number of fused-ring (bicyclic) bond motifs is 2. The van der Waals surface area contributed by atoms with Gasteiger partial charge in [-0.3, -0.25) is 14.6 Å². The predicted octanol–water partition coefficient (Wildman–Crippen LogP) is 3.12. The third kappa shape index (κ3) is 3.56. The van der Waals surface area contributed by atoms with Gasteiger partial charge in [0.05, 0.1) is 11.8 Å². The van der Waals surface area contributed by atoms with Crippen molar-refractivity contribution < 1.29 is 19.4 Å². The van der Waals surface area contributed by atoms with Crippen LogP contribution in [0.15, 0.2) is 60.9 Å². The van der Waals surface area contributed by atoms with Crippen LogP contribution in [0.3, 0.4) is 0 Å². The van der Waals surface area contributed by atoms with Crippen molar-refractivity contribution in [3.8, 4) is 5.75 Å². The fourth-order valence-electron chi connectivity index (χ4n) is 4.06. The zero-order valence-corrected chi connectivity index (χ0v) is 14.6. The SMILES string of the molecule is O=C(O)[C@@H]1[C@@H](C(=O)Nc2cccc(OCc3cccnc3)c2)[C@H]2C=C[C@H]1C2. The summed E-state index contributed by atoms with van der Waals surface area (Å²) in [6, 6.07) is 10.9. The topological polar surface area (TPSA) is 88.5 Å².